The van der Waals surface area contributed by atoms with Crippen molar-refractivity contribution in [2.75, 3.05) is 4.90 Å². The minimum absolute atomic E-state index is 0.194. The van der Waals surface area contributed by atoms with Crippen LogP contribution in [0.3, 0.4) is 0 Å². The van der Waals surface area contributed by atoms with Gasteiger partial charge in [0.15, 0.2) is 5.54 Å². The van der Waals surface area contributed by atoms with E-state index in [-0.39, 0.29) is 12.1 Å². The van der Waals surface area contributed by atoms with Crippen LogP contribution in [0.5, 0.6) is 0 Å². The van der Waals surface area contributed by atoms with E-state index in [1.807, 2.05) is 0 Å². The van der Waals surface area contributed by atoms with Crippen molar-refractivity contribution < 1.29 is 22.7 Å². The molecule has 4 nitrogen and oxygen atoms in total. The number of halogens is 3. The maximum atomic E-state index is 14.3. The van der Waals surface area contributed by atoms with E-state index >= 15 is 0 Å². The van der Waals surface area contributed by atoms with Crippen LogP contribution in [-0.2, 0) is 4.74 Å². The van der Waals surface area contributed by atoms with E-state index in [0.29, 0.717) is 18.4 Å². The molecule has 7 heteroatoms. The third kappa shape index (κ3) is 2.99. The van der Waals surface area contributed by atoms with Gasteiger partial charge in [0.2, 0.25) is 0 Å². The first kappa shape index (κ1) is 18.0. The molecule has 1 aromatic rings. The zero-order chi connectivity index (χ0) is 18.6. The molecule has 0 spiro atoms. The van der Waals surface area contributed by atoms with Crippen molar-refractivity contribution in [1.29, 1.82) is 0 Å². The van der Waals surface area contributed by atoms with Crippen LogP contribution in [0.25, 0.3) is 0 Å². The van der Waals surface area contributed by atoms with Crippen LogP contribution in [0, 0.1) is 5.92 Å². The van der Waals surface area contributed by atoms with E-state index < -0.39 is 35.4 Å². The number of hydrogen-bond donors (Lipinski definition) is 1. The van der Waals surface area contributed by atoms with Gasteiger partial charge in [-0.25, -0.2) is 4.79 Å². The van der Waals surface area contributed by atoms with E-state index in [1.54, 1.807) is 39.0 Å². The Balaban J connectivity index is 2.18. The van der Waals surface area contributed by atoms with Gasteiger partial charge in [0.25, 0.3) is 0 Å². The van der Waals surface area contributed by atoms with Gasteiger partial charge in [-0.15, -0.1) is 0 Å². The Hall–Kier alpha value is -1.76. The van der Waals surface area contributed by atoms with Gasteiger partial charge in [0.1, 0.15) is 5.60 Å². The monoisotopic (exact) mass is 356 g/mol. The highest BCUT2D eigenvalue weighted by molar-refractivity contribution is 5.92. The molecule has 1 heterocycles. The topological polar surface area (TPSA) is 55.6 Å². The average molecular weight is 356 g/mol. The molecule has 1 aromatic carbocycles. The van der Waals surface area contributed by atoms with Crippen molar-refractivity contribution in [3.05, 3.63) is 29.8 Å². The number of carbonyl (C=O) groups excluding carboxylic acids is 1. The number of alkyl halides is 3. The lowest BCUT2D eigenvalue weighted by molar-refractivity contribution is -0.197. The largest absolute Gasteiger partial charge is 0.443 e. The Labute approximate surface area is 145 Å². The number of anilines is 1. The maximum absolute atomic E-state index is 14.3. The summed E-state index contributed by atoms with van der Waals surface area (Å²) in [4.78, 5) is 13.7. The van der Waals surface area contributed by atoms with Gasteiger partial charge >= 0.3 is 12.3 Å². The Morgan fingerprint density at radius 1 is 1.24 bits per heavy atom. The number of nitrogens with two attached hydrogens (primary N) is 1. The van der Waals surface area contributed by atoms with Crippen LogP contribution in [0.15, 0.2) is 24.3 Å². The molecule has 25 heavy (non-hydrogen) atoms. The predicted octanol–water partition coefficient (Wildman–Crippen LogP) is 4.54. The first-order chi connectivity index (χ1) is 11.5. The standard InChI is InChI=1S/C18H23F3N2O2/c1-16(2,3)25-15(24)23-14-7-5-4-6-12(14)13(22)10-17(23,11-8-9-11)18(19,20)21/h4-7,11,13H,8-10,22H2,1-3H3. The van der Waals surface area contributed by atoms with Crippen molar-refractivity contribution in [1.82, 2.24) is 0 Å². The summed E-state index contributed by atoms with van der Waals surface area (Å²) in [6.07, 6.45) is -5.08. The number of ether oxygens (including phenoxy) is 1. The number of amides is 1. The zero-order valence-electron chi connectivity index (χ0n) is 14.6. The number of fused-ring (bicyclic) bond motifs is 1. The van der Waals surface area contributed by atoms with E-state index in [4.69, 9.17) is 10.5 Å². The van der Waals surface area contributed by atoms with Gasteiger partial charge in [-0.05, 0) is 57.6 Å². The van der Waals surface area contributed by atoms with Crippen molar-refractivity contribution in [3.63, 3.8) is 0 Å². The summed E-state index contributed by atoms with van der Waals surface area (Å²) >= 11 is 0. The molecule has 1 amide bonds. The van der Waals surface area contributed by atoms with Crippen LogP contribution < -0.4 is 10.6 Å². The first-order valence-electron chi connectivity index (χ1n) is 8.42. The highest BCUT2D eigenvalue weighted by Gasteiger charge is 2.69. The summed E-state index contributed by atoms with van der Waals surface area (Å²) in [5.41, 5.74) is 3.61. The zero-order valence-corrected chi connectivity index (χ0v) is 14.6. The molecule has 2 unspecified atom stereocenters. The van der Waals surface area contributed by atoms with Gasteiger partial charge in [-0.1, -0.05) is 18.2 Å². The van der Waals surface area contributed by atoms with Gasteiger partial charge < -0.3 is 10.5 Å². The minimum Gasteiger partial charge on any atom is -0.443 e. The summed E-state index contributed by atoms with van der Waals surface area (Å²) in [5, 5.41) is 0. The molecule has 3 rings (SSSR count). The van der Waals surface area contributed by atoms with E-state index in [0.717, 1.165) is 4.90 Å². The Morgan fingerprint density at radius 2 is 1.84 bits per heavy atom. The molecule has 0 radical (unpaired) electrons. The second-order valence-electron chi connectivity index (χ2n) is 7.88. The molecule has 1 saturated carbocycles. The quantitative estimate of drug-likeness (QED) is 0.803. The van der Waals surface area contributed by atoms with Crippen LogP contribution in [0.2, 0.25) is 0 Å². The minimum atomic E-state index is -4.60. The number of benzene rings is 1. The second kappa shape index (κ2) is 5.62. The average Bonchev–Trinajstić information content (AvgIpc) is 3.28. The first-order valence-corrected chi connectivity index (χ1v) is 8.42. The fourth-order valence-corrected chi connectivity index (χ4v) is 3.71. The fourth-order valence-electron chi connectivity index (χ4n) is 3.71. The van der Waals surface area contributed by atoms with Crippen molar-refractivity contribution >= 4 is 11.8 Å². The predicted molar refractivity (Wildman–Crippen MR) is 88.2 cm³/mol. The second-order valence-corrected chi connectivity index (χ2v) is 7.88. The fraction of sp³-hybridized carbons (Fsp3) is 0.611. The molecule has 138 valence electrons. The summed E-state index contributed by atoms with van der Waals surface area (Å²) in [6, 6.07) is 5.73. The van der Waals surface area contributed by atoms with Gasteiger partial charge in [0, 0.05) is 6.04 Å². The SMILES string of the molecule is CC(C)(C)OC(=O)N1c2ccccc2C(N)CC1(C1CC1)C(F)(F)F. The van der Waals surface area contributed by atoms with E-state index in [1.165, 1.54) is 6.07 Å². The van der Waals surface area contributed by atoms with Gasteiger partial charge in [-0.3, -0.25) is 4.90 Å². The Bertz CT molecular complexity index is 680. The number of carbonyl (C=O) groups is 1. The van der Waals surface area contributed by atoms with Gasteiger partial charge in [0.05, 0.1) is 5.69 Å². The van der Waals surface area contributed by atoms with Crippen molar-refractivity contribution in [2.45, 2.75) is 63.4 Å². The van der Waals surface area contributed by atoms with Crippen LogP contribution in [0.4, 0.5) is 23.7 Å². The Morgan fingerprint density at radius 3 is 2.36 bits per heavy atom. The van der Waals surface area contributed by atoms with Crippen LogP contribution in [0.1, 0.15) is 51.6 Å². The third-order valence-electron chi connectivity index (χ3n) is 4.83. The van der Waals surface area contributed by atoms with E-state index in [9.17, 15) is 18.0 Å². The molecule has 2 atom stereocenters. The lowest BCUT2D eigenvalue weighted by atomic mass is 9.77. The number of nitrogens with zero attached hydrogens (tertiary/aromatic N) is 1. The number of rotatable bonds is 1. The smallest absolute Gasteiger partial charge is 0.415 e. The van der Waals surface area contributed by atoms with Crippen molar-refractivity contribution in [2.24, 2.45) is 11.7 Å². The van der Waals surface area contributed by atoms with Crippen LogP contribution >= 0.6 is 0 Å². The molecule has 1 fully saturated rings. The summed E-state index contributed by atoms with van der Waals surface area (Å²) in [7, 11) is 0. The maximum Gasteiger partial charge on any atom is 0.415 e. The van der Waals surface area contributed by atoms with E-state index in [2.05, 4.69) is 0 Å². The van der Waals surface area contributed by atoms with Gasteiger partial charge in [-0.2, -0.15) is 13.2 Å². The number of para-hydroxylation sites is 1. The molecule has 0 saturated heterocycles. The molecule has 0 bridgehead atoms. The molecule has 2 N–H and O–H groups in total. The molecule has 1 aliphatic carbocycles. The van der Waals surface area contributed by atoms with Crippen molar-refractivity contribution in [3.8, 4) is 0 Å². The molecule has 1 aliphatic heterocycles. The van der Waals surface area contributed by atoms with Crippen LogP contribution in [-0.4, -0.2) is 23.4 Å². The highest BCUT2D eigenvalue weighted by atomic mass is 19.4. The normalized spacial score (nSPS) is 27.0. The third-order valence-corrected chi connectivity index (χ3v) is 4.83. The molecule has 2 aliphatic rings. The molecular formula is C18H23F3N2O2. The molecular weight excluding hydrogens is 333 g/mol. The summed E-state index contributed by atoms with van der Waals surface area (Å²) in [5.74, 6) is -0.653. The lowest BCUT2D eigenvalue weighted by Gasteiger charge is -2.50. The summed E-state index contributed by atoms with van der Waals surface area (Å²) in [6.45, 7) is 4.91. The summed E-state index contributed by atoms with van der Waals surface area (Å²) < 4.78 is 48.2. The highest BCUT2D eigenvalue weighted by Crippen LogP contribution is 2.59. The molecule has 0 aromatic heterocycles. The number of hydrogen-bond acceptors (Lipinski definition) is 3. The lowest BCUT2D eigenvalue weighted by Crippen LogP contribution is -2.66. The Kier molecular flexibility index (Phi) is 4.06.